The molecule has 0 unspecified atom stereocenters. The molecule has 0 aliphatic rings. The Kier molecular flexibility index (Phi) is 4.60. The Morgan fingerprint density at radius 1 is 1.15 bits per heavy atom. The van der Waals surface area contributed by atoms with Crippen molar-refractivity contribution in [3.05, 3.63) is 53.9 Å². The number of methoxy groups -OCH3 is 1. The van der Waals surface area contributed by atoms with Crippen molar-refractivity contribution in [2.45, 2.75) is 18.7 Å². The number of hydrogen-bond acceptors (Lipinski definition) is 6. The standard InChI is InChI=1S/C16H16FN5O3S/c1-10-6-11(2)22(20-10)16-8-15(18-9-19-16)21-26(23,24)14-7-12(17)4-5-13(14)25-3/h4-9H,1-3H3,(H,18,19,21). The van der Waals surface area contributed by atoms with Gasteiger partial charge in [0.15, 0.2) is 5.82 Å². The van der Waals surface area contributed by atoms with Crippen molar-refractivity contribution < 1.29 is 17.5 Å². The Morgan fingerprint density at radius 3 is 2.58 bits per heavy atom. The fraction of sp³-hybridized carbons (Fsp3) is 0.188. The number of halogens is 1. The molecule has 0 saturated carbocycles. The van der Waals surface area contributed by atoms with Crippen molar-refractivity contribution >= 4 is 15.8 Å². The van der Waals surface area contributed by atoms with Gasteiger partial charge in [0, 0.05) is 11.8 Å². The van der Waals surface area contributed by atoms with E-state index in [1.807, 2.05) is 19.9 Å². The van der Waals surface area contributed by atoms with Crippen molar-refractivity contribution in [1.82, 2.24) is 19.7 Å². The van der Waals surface area contributed by atoms with Crippen LogP contribution in [-0.4, -0.2) is 35.3 Å². The van der Waals surface area contributed by atoms with Crippen LogP contribution in [0.1, 0.15) is 11.4 Å². The van der Waals surface area contributed by atoms with Crippen LogP contribution >= 0.6 is 0 Å². The average Bonchev–Trinajstić information content (AvgIpc) is 2.93. The van der Waals surface area contributed by atoms with E-state index in [9.17, 15) is 12.8 Å². The highest BCUT2D eigenvalue weighted by molar-refractivity contribution is 7.92. The summed E-state index contributed by atoms with van der Waals surface area (Å²) in [5.41, 5.74) is 1.63. The number of aryl methyl sites for hydroxylation is 2. The number of aromatic nitrogens is 4. The number of rotatable bonds is 5. The number of ether oxygens (including phenoxy) is 1. The normalized spacial score (nSPS) is 11.4. The van der Waals surface area contributed by atoms with Gasteiger partial charge in [-0.25, -0.2) is 27.5 Å². The molecular formula is C16H16FN5O3S. The maximum absolute atomic E-state index is 13.5. The van der Waals surface area contributed by atoms with Gasteiger partial charge in [-0.15, -0.1) is 0 Å². The SMILES string of the molecule is COc1ccc(F)cc1S(=O)(=O)Nc1cc(-n2nc(C)cc2C)ncn1. The zero-order valence-electron chi connectivity index (χ0n) is 14.3. The van der Waals surface area contributed by atoms with E-state index >= 15 is 0 Å². The van der Waals surface area contributed by atoms with Crippen LogP contribution in [0, 0.1) is 19.7 Å². The minimum absolute atomic E-state index is 0.0201. The quantitative estimate of drug-likeness (QED) is 0.732. The smallest absolute Gasteiger partial charge is 0.266 e. The highest BCUT2D eigenvalue weighted by Crippen LogP contribution is 2.26. The maximum Gasteiger partial charge on any atom is 0.266 e. The van der Waals surface area contributed by atoms with Crippen LogP contribution < -0.4 is 9.46 Å². The summed E-state index contributed by atoms with van der Waals surface area (Å²) in [4.78, 5) is 7.69. The lowest BCUT2D eigenvalue weighted by Gasteiger charge is -2.11. The first kappa shape index (κ1) is 17.8. The Bertz CT molecular complexity index is 1070. The molecule has 0 fully saturated rings. The van der Waals surface area contributed by atoms with E-state index in [1.165, 1.54) is 25.6 Å². The van der Waals surface area contributed by atoms with Crippen molar-refractivity contribution in [3.8, 4) is 11.6 Å². The molecule has 0 aliphatic carbocycles. The fourth-order valence-electron chi connectivity index (χ4n) is 2.43. The van der Waals surface area contributed by atoms with E-state index < -0.39 is 15.8 Å². The molecule has 10 heteroatoms. The number of benzene rings is 1. The molecule has 136 valence electrons. The lowest BCUT2D eigenvalue weighted by molar-refractivity contribution is 0.401. The molecule has 2 aromatic heterocycles. The second-order valence-corrected chi connectivity index (χ2v) is 7.15. The number of sulfonamides is 1. The third-order valence-electron chi connectivity index (χ3n) is 3.53. The molecule has 0 spiro atoms. The second kappa shape index (κ2) is 6.71. The Morgan fingerprint density at radius 2 is 1.92 bits per heavy atom. The summed E-state index contributed by atoms with van der Waals surface area (Å²) in [6, 6.07) is 6.53. The van der Waals surface area contributed by atoms with Gasteiger partial charge in [0.05, 0.1) is 12.8 Å². The molecule has 1 aromatic carbocycles. The molecule has 26 heavy (non-hydrogen) atoms. The lowest BCUT2D eigenvalue weighted by Crippen LogP contribution is -2.16. The molecule has 0 saturated heterocycles. The van der Waals surface area contributed by atoms with E-state index in [1.54, 1.807) is 4.68 Å². The third kappa shape index (κ3) is 3.49. The Hall–Kier alpha value is -3.01. The molecule has 2 heterocycles. The minimum Gasteiger partial charge on any atom is -0.495 e. The van der Waals surface area contributed by atoms with Gasteiger partial charge in [0.25, 0.3) is 10.0 Å². The third-order valence-corrected chi connectivity index (χ3v) is 4.91. The predicted molar refractivity (Wildman–Crippen MR) is 92.4 cm³/mol. The van der Waals surface area contributed by atoms with Gasteiger partial charge in [0.1, 0.15) is 28.6 Å². The summed E-state index contributed by atoms with van der Waals surface area (Å²) in [6.45, 7) is 3.69. The number of nitrogens with zero attached hydrogens (tertiary/aromatic N) is 4. The number of anilines is 1. The highest BCUT2D eigenvalue weighted by Gasteiger charge is 2.21. The van der Waals surface area contributed by atoms with Gasteiger partial charge in [-0.05, 0) is 38.1 Å². The first-order valence-corrected chi connectivity index (χ1v) is 9.00. The van der Waals surface area contributed by atoms with Gasteiger partial charge < -0.3 is 4.74 Å². The molecule has 0 radical (unpaired) electrons. The van der Waals surface area contributed by atoms with Crippen LogP contribution in [0.2, 0.25) is 0 Å². The largest absolute Gasteiger partial charge is 0.495 e. The van der Waals surface area contributed by atoms with Gasteiger partial charge in [0.2, 0.25) is 0 Å². The van der Waals surface area contributed by atoms with Crippen LogP contribution in [0.3, 0.4) is 0 Å². The van der Waals surface area contributed by atoms with Crippen LogP contribution in [-0.2, 0) is 10.0 Å². The Balaban J connectivity index is 1.98. The van der Waals surface area contributed by atoms with E-state index in [-0.39, 0.29) is 16.5 Å². The minimum atomic E-state index is -4.12. The highest BCUT2D eigenvalue weighted by atomic mass is 32.2. The zero-order chi connectivity index (χ0) is 18.9. The van der Waals surface area contributed by atoms with E-state index in [0.29, 0.717) is 5.82 Å². The lowest BCUT2D eigenvalue weighted by atomic mass is 10.3. The molecule has 0 atom stereocenters. The molecule has 3 rings (SSSR count). The van der Waals surface area contributed by atoms with Crippen LogP contribution in [0.15, 0.2) is 41.6 Å². The average molecular weight is 377 g/mol. The number of nitrogens with one attached hydrogen (secondary N) is 1. The molecule has 0 aliphatic heterocycles. The molecule has 0 bridgehead atoms. The first-order chi connectivity index (χ1) is 12.3. The van der Waals surface area contributed by atoms with Gasteiger partial charge in [-0.2, -0.15) is 5.10 Å². The van der Waals surface area contributed by atoms with E-state index in [4.69, 9.17) is 4.74 Å². The van der Waals surface area contributed by atoms with E-state index in [2.05, 4.69) is 19.8 Å². The molecule has 1 N–H and O–H groups in total. The summed E-state index contributed by atoms with van der Waals surface area (Å²) in [5, 5.41) is 4.29. The predicted octanol–water partition coefficient (Wildman–Crippen LogP) is 2.23. The van der Waals surface area contributed by atoms with Gasteiger partial charge >= 0.3 is 0 Å². The van der Waals surface area contributed by atoms with Crippen molar-refractivity contribution in [2.75, 3.05) is 11.8 Å². The zero-order valence-corrected chi connectivity index (χ0v) is 15.1. The van der Waals surface area contributed by atoms with E-state index in [0.717, 1.165) is 23.5 Å². The summed E-state index contributed by atoms with van der Waals surface area (Å²) in [6.07, 6.45) is 1.21. The van der Waals surface area contributed by atoms with Crippen LogP contribution in [0.25, 0.3) is 5.82 Å². The van der Waals surface area contributed by atoms with Crippen molar-refractivity contribution in [3.63, 3.8) is 0 Å². The molecule has 0 amide bonds. The van der Waals surface area contributed by atoms with Crippen molar-refractivity contribution in [1.29, 1.82) is 0 Å². The second-order valence-electron chi connectivity index (χ2n) is 5.50. The van der Waals surface area contributed by atoms with Crippen molar-refractivity contribution in [2.24, 2.45) is 0 Å². The topological polar surface area (TPSA) is 99.0 Å². The van der Waals surface area contributed by atoms with Gasteiger partial charge in [-0.1, -0.05) is 0 Å². The summed E-state index contributed by atoms with van der Waals surface area (Å²) >= 11 is 0. The summed E-state index contributed by atoms with van der Waals surface area (Å²) in [5.74, 6) is -0.257. The maximum atomic E-state index is 13.5. The fourth-order valence-corrected chi connectivity index (χ4v) is 3.61. The first-order valence-electron chi connectivity index (χ1n) is 7.52. The summed E-state index contributed by atoms with van der Waals surface area (Å²) in [7, 11) is -2.81. The monoisotopic (exact) mass is 377 g/mol. The molecule has 3 aromatic rings. The van der Waals surface area contributed by atoms with Crippen LogP contribution in [0.4, 0.5) is 10.2 Å². The molecular weight excluding hydrogens is 361 g/mol. The van der Waals surface area contributed by atoms with Crippen LogP contribution in [0.5, 0.6) is 5.75 Å². The molecule has 8 nitrogen and oxygen atoms in total. The summed E-state index contributed by atoms with van der Waals surface area (Å²) < 4.78 is 47.6. The number of hydrogen-bond donors (Lipinski definition) is 1. The Labute approximate surface area is 149 Å². The van der Waals surface area contributed by atoms with Gasteiger partial charge in [-0.3, -0.25) is 4.72 Å².